The first-order valence-corrected chi connectivity index (χ1v) is 7.33. The van der Waals surface area contributed by atoms with Crippen molar-refractivity contribution in [3.05, 3.63) is 24.5 Å². The number of hydrogen-bond donors (Lipinski definition) is 2. The zero-order valence-corrected chi connectivity index (χ0v) is 12.3. The first-order chi connectivity index (χ1) is 9.65. The smallest absolute Gasteiger partial charge is 0.234 e. The van der Waals surface area contributed by atoms with Crippen LogP contribution in [0.1, 0.15) is 26.7 Å². The molecule has 1 fully saturated rings. The maximum absolute atomic E-state index is 11.6. The molecule has 110 valence electrons. The summed E-state index contributed by atoms with van der Waals surface area (Å²) in [5.41, 5.74) is 1.23. The highest BCUT2D eigenvalue weighted by Crippen LogP contribution is 2.18. The molecule has 20 heavy (non-hydrogen) atoms. The Kier molecular flexibility index (Phi) is 5.35. The lowest BCUT2D eigenvalue weighted by atomic mass is 10.0. The van der Waals surface area contributed by atoms with E-state index in [-0.39, 0.29) is 11.9 Å². The van der Waals surface area contributed by atoms with Crippen molar-refractivity contribution in [1.82, 2.24) is 15.6 Å². The molecule has 1 aromatic heterocycles. The number of nitrogens with one attached hydrogen (secondary N) is 2. The minimum Gasteiger partial charge on any atom is -0.371 e. The average molecular weight is 276 g/mol. The average Bonchev–Trinajstić information content (AvgIpc) is 2.46. The first-order valence-electron chi connectivity index (χ1n) is 7.33. The van der Waals surface area contributed by atoms with E-state index >= 15 is 0 Å². The number of rotatable bonds is 5. The molecular formula is C15H24N4O. The number of aromatic nitrogens is 1. The number of hydrogen-bond acceptors (Lipinski definition) is 4. The van der Waals surface area contributed by atoms with Gasteiger partial charge in [0.05, 0.1) is 6.54 Å². The summed E-state index contributed by atoms with van der Waals surface area (Å²) in [5.74, 6) is 0.0802. The lowest BCUT2D eigenvalue weighted by molar-refractivity contribution is -0.120. The third-order valence-corrected chi connectivity index (χ3v) is 3.52. The van der Waals surface area contributed by atoms with Gasteiger partial charge in [0.25, 0.3) is 0 Å². The van der Waals surface area contributed by atoms with Crippen LogP contribution in [0.4, 0.5) is 5.69 Å². The molecule has 2 rings (SSSR count). The second-order valence-corrected chi connectivity index (χ2v) is 5.57. The predicted molar refractivity (Wildman–Crippen MR) is 80.8 cm³/mol. The van der Waals surface area contributed by atoms with E-state index in [4.69, 9.17) is 0 Å². The largest absolute Gasteiger partial charge is 0.371 e. The van der Waals surface area contributed by atoms with Crippen molar-refractivity contribution in [2.24, 2.45) is 0 Å². The summed E-state index contributed by atoms with van der Waals surface area (Å²) in [6.07, 6.45) is 5.79. The molecule has 0 spiro atoms. The van der Waals surface area contributed by atoms with Gasteiger partial charge in [0.15, 0.2) is 0 Å². The van der Waals surface area contributed by atoms with E-state index in [0.29, 0.717) is 12.6 Å². The molecule has 5 nitrogen and oxygen atoms in total. The van der Waals surface area contributed by atoms with Gasteiger partial charge in [0.1, 0.15) is 0 Å². The summed E-state index contributed by atoms with van der Waals surface area (Å²) in [5, 5.41) is 6.25. The Morgan fingerprint density at radius 2 is 2.00 bits per heavy atom. The van der Waals surface area contributed by atoms with E-state index in [2.05, 4.69) is 20.5 Å². The van der Waals surface area contributed by atoms with Gasteiger partial charge in [0, 0.05) is 43.3 Å². The third-order valence-electron chi connectivity index (χ3n) is 3.52. The number of carbonyl (C=O) groups excluding carboxylic acids is 1. The van der Waals surface area contributed by atoms with Crippen LogP contribution in [0.3, 0.4) is 0 Å². The second kappa shape index (κ2) is 7.24. The van der Waals surface area contributed by atoms with Crippen molar-refractivity contribution in [3.8, 4) is 0 Å². The molecule has 1 aliphatic heterocycles. The van der Waals surface area contributed by atoms with Gasteiger partial charge in [0.2, 0.25) is 5.91 Å². The Morgan fingerprint density at radius 3 is 2.60 bits per heavy atom. The topological polar surface area (TPSA) is 57.3 Å². The molecule has 1 saturated heterocycles. The van der Waals surface area contributed by atoms with Crippen LogP contribution >= 0.6 is 0 Å². The van der Waals surface area contributed by atoms with Crippen LogP contribution < -0.4 is 15.5 Å². The number of pyridine rings is 1. The van der Waals surface area contributed by atoms with Crippen molar-refractivity contribution in [2.45, 2.75) is 38.8 Å². The highest BCUT2D eigenvalue weighted by atomic mass is 16.1. The first kappa shape index (κ1) is 14.8. The Hall–Kier alpha value is -1.62. The molecule has 1 amide bonds. The summed E-state index contributed by atoms with van der Waals surface area (Å²) >= 11 is 0. The third kappa shape index (κ3) is 4.49. The molecule has 0 atom stereocenters. The molecule has 2 heterocycles. The van der Waals surface area contributed by atoms with E-state index in [0.717, 1.165) is 25.9 Å². The van der Waals surface area contributed by atoms with Crippen LogP contribution in [0.2, 0.25) is 0 Å². The van der Waals surface area contributed by atoms with Crippen LogP contribution in [0.5, 0.6) is 0 Å². The van der Waals surface area contributed by atoms with E-state index in [1.807, 2.05) is 38.4 Å². The monoisotopic (exact) mass is 276 g/mol. The highest BCUT2D eigenvalue weighted by molar-refractivity contribution is 5.78. The minimum atomic E-state index is 0.0802. The summed E-state index contributed by atoms with van der Waals surface area (Å²) < 4.78 is 0. The molecule has 5 heteroatoms. The van der Waals surface area contributed by atoms with Crippen LogP contribution in [-0.4, -0.2) is 42.6 Å². The predicted octanol–water partition coefficient (Wildman–Crippen LogP) is 1.16. The van der Waals surface area contributed by atoms with Gasteiger partial charge < -0.3 is 15.5 Å². The van der Waals surface area contributed by atoms with Crippen LogP contribution in [-0.2, 0) is 4.79 Å². The number of piperidine rings is 1. The number of amides is 1. The number of carbonyl (C=O) groups is 1. The zero-order chi connectivity index (χ0) is 14.4. The van der Waals surface area contributed by atoms with Gasteiger partial charge in [-0.05, 0) is 38.8 Å². The molecular weight excluding hydrogens is 252 g/mol. The Labute approximate surface area is 120 Å². The molecule has 2 N–H and O–H groups in total. The normalized spacial score (nSPS) is 16.4. The van der Waals surface area contributed by atoms with Crippen LogP contribution in [0.25, 0.3) is 0 Å². The molecule has 0 radical (unpaired) electrons. The number of nitrogens with zero attached hydrogens (tertiary/aromatic N) is 2. The molecule has 0 saturated carbocycles. The van der Waals surface area contributed by atoms with Crippen LogP contribution in [0, 0.1) is 0 Å². The molecule has 0 unspecified atom stereocenters. The Balaban J connectivity index is 1.71. The standard InChI is InChI=1S/C15H24N4O/c1-12(2)18-15(20)11-17-13-5-9-19(10-6-13)14-3-7-16-8-4-14/h3-4,7-8,12-13,17H,5-6,9-11H2,1-2H3,(H,18,20). The van der Waals surface area contributed by atoms with Crippen molar-refractivity contribution >= 4 is 11.6 Å². The fourth-order valence-electron chi connectivity index (χ4n) is 2.51. The summed E-state index contributed by atoms with van der Waals surface area (Å²) in [6, 6.07) is 4.73. The molecule has 1 aliphatic rings. The summed E-state index contributed by atoms with van der Waals surface area (Å²) in [4.78, 5) is 18.0. The maximum Gasteiger partial charge on any atom is 0.234 e. The Morgan fingerprint density at radius 1 is 1.35 bits per heavy atom. The van der Waals surface area contributed by atoms with E-state index in [9.17, 15) is 4.79 Å². The summed E-state index contributed by atoms with van der Waals surface area (Å²) in [7, 11) is 0. The lowest BCUT2D eigenvalue weighted by Gasteiger charge is -2.33. The zero-order valence-electron chi connectivity index (χ0n) is 12.3. The highest BCUT2D eigenvalue weighted by Gasteiger charge is 2.19. The van der Waals surface area contributed by atoms with Gasteiger partial charge in [-0.25, -0.2) is 0 Å². The van der Waals surface area contributed by atoms with Crippen molar-refractivity contribution in [2.75, 3.05) is 24.5 Å². The maximum atomic E-state index is 11.6. The van der Waals surface area contributed by atoms with E-state index in [1.165, 1.54) is 5.69 Å². The quantitative estimate of drug-likeness (QED) is 0.847. The van der Waals surface area contributed by atoms with E-state index in [1.54, 1.807) is 0 Å². The SMILES string of the molecule is CC(C)NC(=O)CNC1CCN(c2ccncc2)CC1. The van der Waals surface area contributed by atoms with E-state index < -0.39 is 0 Å². The molecule has 0 aliphatic carbocycles. The van der Waals surface area contributed by atoms with Gasteiger partial charge in [-0.1, -0.05) is 0 Å². The van der Waals surface area contributed by atoms with Crippen molar-refractivity contribution in [1.29, 1.82) is 0 Å². The van der Waals surface area contributed by atoms with Gasteiger partial charge in [-0.2, -0.15) is 0 Å². The van der Waals surface area contributed by atoms with Gasteiger partial charge >= 0.3 is 0 Å². The minimum absolute atomic E-state index is 0.0802. The number of anilines is 1. The molecule has 0 bridgehead atoms. The fraction of sp³-hybridized carbons (Fsp3) is 0.600. The van der Waals surface area contributed by atoms with Gasteiger partial charge in [-0.3, -0.25) is 9.78 Å². The van der Waals surface area contributed by atoms with Crippen molar-refractivity contribution < 1.29 is 4.79 Å². The summed E-state index contributed by atoms with van der Waals surface area (Å²) in [6.45, 7) is 6.41. The van der Waals surface area contributed by atoms with Gasteiger partial charge in [-0.15, -0.1) is 0 Å². The Bertz CT molecular complexity index is 413. The molecule has 1 aromatic rings. The lowest BCUT2D eigenvalue weighted by Crippen LogP contribution is -2.46. The fourth-order valence-corrected chi connectivity index (χ4v) is 2.51. The van der Waals surface area contributed by atoms with Crippen LogP contribution in [0.15, 0.2) is 24.5 Å². The van der Waals surface area contributed by atoms with Crippen molar-refractivity contribution in [3.63, 3.8) is 0 Å². The molecule has 0 aromatic carbocycles. The second-order valence-electron chi connectivity index (χ2n) is 5.57.